The zero-order valence-electron chi connectivity index (χ0n) is 12.4. The van der Waals surface area contributed by atoms with Crippen LogP contribution in [0.5, 0.6) is 0 Å². The molecule has 0 saturated carbocycles. The summed E-state index contributed by atoms with van der Waals surface area (Å²) in [5.41, 5.74) is 0.589. The molecule has 6 heteroatoms. The number of halogens is 1. The standard InChI is InChI=1S/C16H21ClN2O3/c17-14-6-4-12(5-7-14)16(22)19-9-1-3-13(11-19)15(21)18-8-2-10-20/h4-7,13,20H,1-3,8-11H2,(H,18,21). The zero-order chi connectivity index (χ0) is 15.9. The van der Waals surface area contributed by atoms with Crippen molar-refractivity contribution in [3.63, 3.8) is 0 Å². The molecule has 0 aliphatic carbocycles. The van der Waals surface area contributed by atoms with Crippen LogP contribution in [-0.2, 0) is 4.79 Å². The Kier molecular flexibility index (Phi) is 6.21. The Bertz CT molecular complexity index is 519. The van der Waals surface area contributed by atoms with Crippen LogP contribution in [0.25, 0.3) is 0 Å². The molecule has 1 fully saturated rings. The zero-order valence-corrected chi connectivity index (χ0v) is 13.2. The minimum atomic E-state index is -0.177. The van der Waals surface area contributed by atoms with Gasteiger partial charge in [0.05, 0.1) is 5.92 Å². The van der Waals surface area contributed by atoms with Crippen LogP contribution in [0.4, 0.5) is 0 Å². The highest BCUT2D eigenvalue weighted by Gasteiger charge is 2.28. The molecule has 1 aliphatic heterocycles. The summed E-state index contributed by atoms with van der Waals surface area (Å²) in [5, 5.41) is 12.1. The first-order valence-corrected chi connectivity index (χ1v) is 7.93. The number of hydrogen-bond acceptors (Lipinski definition) is 3. The number of amides is 2. The van der Waals surface area contributed by atoms with Crippen molar-refractivity contribution in [2.24, 2.45) is 5.92 Å². The fraction of sp³-hybridized carbons (Fsp3) is 0.500. The summed E-state index contributed by atoms with van der Waals surface area (Å²) in [6.07, 6.45) is 2.15. The lowest BCUT2D eigenvalue weighted by atomic mass is 9.96. The number of nitrogens with zero attached hydrogens (tertiary/aromatic N) is 1. The Balaban J connectivity index is 1.93. The molecule has 1 aliphatic rings. The van der Waals surface area contributed by atoms with Crippen LogP contribution in [0.3, 0.4) is 0 Å². The molecule has 22 heavy (non-hydrogen) atoms. The summed E-state index contributed by atoms with van der Waals surface area (Å²) in [4.78, 5) is 26.3. The first-order valence-electron chi connectivity index (χ1n) is 7.55. The molecule has 1 unspecified atom stereocenters. The second-order valence-electron chi connectivity index (χ2n) is 5.47. The summed E-state index contributed by atoms with van der Waals surface area (Å²) < 4.78 is 0. The molecule has 0 spiro atoms. The number of carbonyl (C=O) groups excluding carboxylic acids is 2. The number of aliphatic hydroxyl groups is 1. The monoisotopic (exact) mass is 324 g/mol. The summed E-state index contributed by atoms with van der Waals surface area (Å²) in [7, 11) is 0. The van der Waals surface area contributed by atoms with Gasteiger partial charge < -0.3 is 15.3 Å². The van der Waals surface area contributed by atoms with Gasteiger partial charge in [-0.25, -0.2) is 0 Å². The van der Waals surface area contributed by atoms with Crippen molar-refractivity contribution in [3.8, 4) is 0 Å². The van der Waals surface area contributed by atoms with E-state index in [1.807, 2.05) is 0 Å². The normalized spacial score (nSPS) is 18.1. The summed E-state index contributed by atoms with van der Waals surface area (Å²) in [6, 6.07) is 6.79. The van der Waals surface area contributed by atoms with Crippen LogP contribution >= 0.6 is 11.6 Å². The van der Waals surface area contributed by atoms with Gasteiger partial charge >= 0.3 is 0 Å². The van der Waals surface area contributed by atoms with E-state index in [9.17, 15) is 9.59 Å². The van der Waals surface area contributed by atoms with Gasteiger partial charge in [0.25, 0.3) is 5.91 Å². The maximum atomic E-state index is 12.5. The molecule has 1 atom stereocenters. The van der Waals surface area contributed by atoms with Crippen molar-refractivity contribution in [2.45, 2.75) is 19.3 Å². The molecular weight excluding hydrogens is 304 g/mol. The molecule has 2 rings (SSSR count). The van der Waals surface area contributed by atoms with E-state index in [0.29, 0.717) is 36.6 Å². The smallest absolute Gasteiger partial charge is 0.253 e. The minimum absolute atomic E-state index is 0.0398. The van der Waals surface area contributed by atoms with E-state index in [-0.39, 0.29) is 24.3 Å². The van der Waals surface area contributed by atoms with Crippen LogP contribution in [0.15, 0.2) is 24.3 Å². The predicted octanol–water partition coefficient (Wildman–Crippen LogP) is 1.69. The molecule has 2 N–H and O–H groups in total. The lowest BCUT2D eigenvalue weighted by Crippen LogP contribution is -2.45. The van der Waals surface area contributed by atoms with Crippen LogP contribution in [0, 0.1) is 5.92 Å². The highest BCUT2D eigenvalue weighted by atomic mass is 35.5. The van der Waals surface area contributed by atoms with Gasteiger partial charge in [0.1, 0.15) is 0 Å². The average Bonchev–Trinajstić information content (AvgIpc) is 2.55. The third-order valence-electron chi connectivity index (χ3n) is 3.80. The fourth-order valence-electron chi connectivity index (χ4n) is 2.59. The number of carbonyl (C=O) groups is 2. The highest BCUT2D eigenvalue weighted by Crippen LogP contribution is 2.19. The van der Waals surface area contributed by atoms with Crippen molar-refractivity contribution in [1.82, 2.24) is 10.2 Å². The summed E-state index contributed by atoms with van der Waals surface area (Å²) >= 11 is 5.83. The van der Waals surface area contributed by atoms with E-state index in [2.05, 4.69) is 5.32 Å². The molecular formula is C16H21ClN2O3. The van der Waals surface area contributed by atoms with Crippen LogP contribution < -0.4 is 5.32 Å². The van der Waals surface area contributed by atoms with Crippen molar-refractivity contribution < 1.29 is 14.7 Å². The Labute approximate surface area is 135 Å². The number of aliphatic hydroxyl groups excluding tert-OH is 1. The van der Waals surface area contributed by atoms with Gasteiger partial charge in [0, 0.05) is 36.8 Å². The molecule has 5 nitrogen and oxygen atoms in total. The number of piperidine rings is 1. The number of rotatable bonds is 5. The Morgan fingerprint density at radius 2 is 2.05 bits per heavy atom. The number of likely N-dealkylation sites (tertiary alicyclic amines) is 1. The van der Waals surface area contributed by atoms with Gasteiger partial charge in [0.2, 0.25) is 5.91 Å². The number of nitrogens with one attached hydrogen (secondary N) is 1. The Hall–Kier alpha value is -1.59. The molecule has 0 radical (unpaired) electrons. The molecule has 0 aromatic heterocycles. The third-order valence-corrected chi connectivity index (χ3v) is 4.06. The van der Waals surface area contributed by atoms with Crippen molar-refractivity contribution in [3.05, 3.63) is 34.9 Å². The first kappa shape index (κ1) is 16.8. The lowest BCUT2D eigenvalue weighted by molar-refractivity contribution is -0.126. The van der Waals surface area contributed by atoms with E-state index >= 15 is 0 Å². The average molecular weight is 325 g/mol. The molecule has 1 saturated heterocycles. The Morgan fingerprint density at radius 3 is 2.73 bits per heavy atom. The second-order valence-corrected chi connectivity index (χ2v) is 5.90. The van der Waals surface area contributed by atoms with Gasteiger partial charge in [-0.05, 0) is 43.5 Å². The SMILES string of the molecule is O=C(NCCCO)C1CCCN(C(=O)c2ccc(Cl)cc2)C1. The van der Waals surface area contributed by atoms with Crippen LogP contribution in [0.2, 0.25) is 5.02 Å². The van der Waals surface area contributed by atoms with Crippen LogP contribution in [0.1, 0.15) is 29.6 Å². The van der Waals surface area contributed by atoms with Crippen molar-refractivity contribution in [2.75, 3.05) is 26.2 Å². The van der Waals surface area contributed by atoms with E-state index in [4.69, 9.17) is 16.7 Å². The fourth-order valence-corrected chi connectivity index (χ4v) is 2.71. The summed E-state index contributed by atoms with van der Waals surface area (Å²) in [6.45, 7) is 1.64. The highest BCUT2D eigenvalue weighted by molar-refractivity contribution is 6.30. The summed E-state index contributed by atoms with van der Waals surface area (Å²) in [5.74, 6) is -0.282. The molecule has 1 aromatic rings. The van der Waals surface area contributed by atoms with E-state index in [1.165, 1.54) is 0 Å². The molecule has 0 bridgehead atoms. The molecule has 120 valence electrons. The second kappa shape index (κ2) is 8.15. The topological polar surface area (TPSA) is 69.6 Å². The van der Waals surface area contributed by atoms with Gasteiger partial charge in [-0.2, -0.15) is 0 Å². The van der Waals surface area contributed by atoms with Gasteiger partial charge in [-0.3, -0.25) is 9.59 Å². The number of benzene rings is 1. The van der Waals surface area contributed by atoms with E-state index in [1.54, 1.807) is 29.2 Å². The van der Waals surface area contributed by atoms with Crippen molar-refractivity contribution >= 4 is 23.4 Å². The van der Waals surface area contributed by atoms with Gasteiger partial charge in [-0.15, -0.1) is 0 Å². The maximum absolute atomic E-state index is 12.5. The Morgan fingerprint density at radius 1 is 1.32 bits per heavy atom. The van der Waals surface area contributed by atoms with Gasteiger partial charge in [-0.1, -0.05) is 11.6 Å². The number of hydrogen-bond donors (Lipinski definition) is 2. The van der Waals surface area contributed by atoms with Crippen LogP contribution in [-0.4, -0.2) is 48.1 Å². The predicted molar refractivity (Wildman–Crippen MR) is 84.8 cm³/mol. The third kappa shape index (κ3) is 4.45. The van der Waals surface area contributed by atoms with Gasteiger partial charge in [0.15, 0.2) is 0 Å². The maximum Gasteiger partial charge on any atom is 0.253 e. The minimum Gasteiger partial charge on any atom is -0.396 e. The largest absolute Gasteiger partial charge is 0.396 e. The lowest BCUT2D eigenvalue weighted by Gasteiger charge is -2.32. The van der Waals surface area contributed by atoms with E-state index < -0.39 is 0 Å². The quantitative estimate of drug-likeness (QED) is 0.810. The van der Waals surface area contributed by atoms with E-state index in [0.717, 1.165) is 12.8 Å². The first-order chi connectivity index (χ1) is 10.6. The molecule has 1 aromatic carbocycles. The van der Waals surface area contributed by atoms with Crippen molar-refractivity contribution in [1.29, 1.82) is 0 Å². The molecule has 1 heterocycles. The molecule has 2 amide bonds.